The molecule has 0 amide bonds. The number of nitrogens with one attached hydrogen (secondary N) is 1. The van der Waals surface area contributed by atoms with Gasteiger partial charge in [-0.15, -0.1) is 0 Å². The van der Waals surface area contributed by atoms with Crippen molar-refractivity contribution in [3.63, 3.8) is 0 Å². The maximum atomic E-state index is 5.78. The van der Waals surface area contributed by atoms with Gasteiger partial charge in [-0.1, -0.05) is 33.6 Å². The van der Waals surface area contributed by atoms with E-state index in [-0.39, 0.29) is 0 Å². The van der Waals surface area contributed by atoms with Crippen LogP contribution in [0.1, 0.15) is 78.6 Å². The molecule has 124 valence electrons. The normalized spacial score (nSPS) is 32.4. The Morgan fingerprint density at radius 1 is 1.14 bits per heavy atom. The summed E-state index contributed by atoms with van der Waals surface area (Å²) >= 11 is 0. The second kappa shape index (κ2) is 8.53. The highest BCUT2D eigenvalue weighted by molar-refractivity contribution is 4.86. The van der Waals surface area contributed by atoms with E-state index in [0.29, 0.717) is 11.5 Å². The average Bonchev–Trinajstić information content (AvgIpc) is 2.94. The molecule has 1 heterocycles. The molecule has 1 saturated carbocycles. The van der Waals surface area contributed by atoms with Gasteiger partial charge in [-0.2, -0.15) is 0 Å². The van der Waals surface area contributed by atoms with Gasteiger partial charge in [0.15, 0.2) is 0 Å². The summed E-state index contributed by atoms with van der Waals surface area (Å²) in [5.41, 5.74) is 0.565. The lowest BCUT2D eigenvalue weighted by Crippen LogP contribution is -2.36. The Balaban J connectivity index is 1.75. The van der Waals surface area contributed by atoms with Crippen molar-refractivity contribution in [2.45, 2.75) is 84.7 Å². The maximum Gasteiger partial charge on any atom is 0.0576 e. The first-order valence-corrected chi connectivity index (χ1v) is 9.43. The molecule has 21 heavy (non-hydrogen) atoms. The minimum atomic E-state index is 0.565. The zero-order valence-electron chi connectivity index (χ0n) is 14.6. The van der Waals surface area contributed by atoms with E-state index in [4.69, 9.17) is 4.74 Å². The fourth-order valence-corrected chi connectivity index (χ4v) is 4.34. The molecule has 2 nitrogen and oxygen atoms in total. The van der Waals surface area contributed by atoms with Gasteiger partial charge in [0.2, 0.25) is 0 Å². The van der Waals surface area contributed by atoms with Gasteiger partial charge in [-0.25, -0.2) is 0 Å². The highest BCUT2D eigenvalue weighted by Gasteiger charge is 2.34. The Morgan fingerprint density at radius 3 is 2.71 bits per heavy atom. The second-order valence-electron chi connectivity index (χ2n) is 8.20. The van der Waals surface area contributed by atoms with E-state index in [1.165, 1.54) is 70.9 Å². The van der Waals surface area contributed by atoms with E-state index in [2.05, 4.69) is 26.1 Å². The highest BCUT2D eigenvalue weighted by Crippen LogP contribution is 2.43. The van der Waals surface area contributed by atoms with Crippen LogP contribution in [0, 0.1) is 17.3 Å². The average molecular weight is 296 g/mol. The number of hydrogen-bond donors (Lipinski definition) is 1. The van der Waals surface area contributed by atoms with Crippen LogP contribution < -0.4 is 5.32 Å². The SMILES string of the molecule is CCCNCC1CCC(C)(C)CC1CCCC1CCCO1. The van der Waals surface area contributed by atoms with Gasteiger partial charge in [0, 0.05) is 6.61 Å². The van der Waals surface area contributed by atoms with Crippen molar-refractivity contribution in [3.05, 3.63) is 0 Å². The van der Waals surface area contributed by atoms with Gasteiger partial charge in [0.25, 0.3) is 0 Å². The quantitative estimate of drug-likeness (QED) is 0.651. The van der Waals surface area contributed by atoms with Crippen molar-refractivity contribution in [2.75, 3.05) is 19.7 Å². The molecular weight excluding hydrogens is 258 g/mol. The largest absolute Gasteiger partial charge is 0.378 e. The minimum absolute atomic E-state index is 0.565. The first kappa shape index (κ1) is 17.3. The van der Waals surface area contributed by atoms with Crippen molar-refractivity contribution in [3.8, 4) is 0 Å². The summed E-state index contributed by atoms with van der Waals surface area (Å²) in [6.45, 7) is 10.6. The van der Waals surface area contributed by atoms with Crippen LogP contribution in [-0.2, 0) is 4.74 Å². The Bertz CT molecular complexity index is 283. The summed E-state index contributed by atoms with van der Waals surface area (Å²) in [4.78, 5) is 0. The molecule has 3 unspecified atom stereocenters. The molecule has 0 aromatic carbocycles. The summed E-state index contributed by atoms with van der Waals surface area (Å²) in [5.74, 6) is 1.84. The topological polar surface area (TPSA) is 21.3 Å². The lowest BCUT2D eigenvalue weighted by Gasteiger charge is -2.41. The summed E-state index contributed by atoms with van der Waals surface area (Å²) in [5, 5.41) is 3.67. The molecule has 2 aliphatic rings. The van der Waals surface area contributed by atoms with Gasteiger partial charge >= 0.3 is 0 Å². The lowest BCUT2D eigenvalue weighted by molar-refractivity contribution is 0.0857. The van der Waals surface area contributed by atoms with Gasteiger partial charge < -0.3 is 10.1 Å². The third-order valence-electron chi connectivity index (χ3n) is 5.63. The first-order chi connectivity index (χ1) is 10.1. The van der Waals surface area contributed by atoms with Crippen LogP contribution in [0.5, 0.6) is 0 Å². The van der Waals surface area contributed by atoms with E-state index in [1.807, 2.05) is 0 Å². The summed E-state index contributed by atoms with van der Waals surface area (Å²) in [7, 11) is 0. The van der Waals surface area contributed by atoms with Gasteiger partial charge in [0.1, 0.15) is 0 Å². The van der Waals surface area contributed by atoms with Crippen LogP contribution in [0.2, 0.25) is 0 Å². The zero-order valence-corrected chi connectivity index (χ0v) is 14.6. The number of hydrogen-bond acceptors (Lipinski definition) is 2. The summed E-state index contributed by atoms with van der Waals surface area (Å²) < 4.78 is 5.78. The maximum absolute atomic E-state index is 5.78. The highest BCUT2D eigenvalue weighted by atomic mass is 16.5. The van der Waals surface area contributed by atoms with E-state index in [0.717, 1.165) is 18.4 Å². The van der Waals surface area contributed by atoms with Crippen molar-refractivity contribution in [2.24, 2.45) is 17.3 Å². The fraction of sp³-hybridized carbons (Fsp3) is 1.00. The minimum Gasteiger partial charge on any atom is -0.378 e. The molecule has 1 N–H and O–H groups in total. The molecule has 2 heteroatoms. The van der Waals surface area contributed by atoms with Crippen molar-refractivity contribution >= 4 is 0 Å². The first-order valence-electron chi connectivity index (χ1n) is 9.43. The fourth-order valence-electron chi connectivity index (χ4n) is 4.34. The molecule has 3 atom stereocenters. The standard InChI is InChI=1S/C19H37NO/c1-4-12-20-15-17-10-11-19(2,3)14-16(17)7-5-8-18-9-6-13-21-18/h16-18,20H,4-15H2,1-3H3. The number of ether oxygens (including phenoxy) is 1. The molecule has 1 aliphatic carbocycles. The van der Waals surface area contributed by atoms with E-state index in [9.17, 15) is 0 Å². The van der Waals surface area contributed by atoms with Crippen LogP contribution in [-0.4, -0.2) is 25.8 Å². The van der Waals surface area contributed by atoms with Crippen LogP contribution in [0.4, 0.5) is 0 Å². The molecule has 1 saturated heterocycles. The monoisotopic (exact) mass is 295 g/mol. The lowest BCUT2D eigenvalue weighted by atomic mass is 9.66. The smallest absolute Gasteiger partial charge is 0.0576 e. The molecular formula is C19H37NO. The molecule has 0 aromatic rings. The Labute approximate surface area is 132 Å². The predicted octanol–water partition coefficient (Wildman–Crippen LogP) is 4.78. The van der Waals surface area contributed by atoms with Crippen molar-refractivity contribution in [1.82, 2.24) is 5.32 Å². The van der Waals surface area contributed by atoms with E-state index >= 15 is 0 Å². The predicted molar refractivity (Wildman–Crippen MR) is 90.6 cm³/mol. The Hall–Kier alpha value is -0.0800. The van der Waals surface area contributed by atoms with Gasteiger partial charge in [-0.05, 0) is 75.3 Å². The molecule has 0 spiro atoms. The zero-order chi connectivity index (χ0) is 15.1. The van der Waals surface area contributed by atoms with Crippen LogP contribution >= 0.6 is 0 Å². The van der Waals surface area contributed by atoms with Gasteiger partial charge in [-0.3, -0.25) is 0 Å². The molecule has 0 aromatic heterocycles. The third-order valence-corrected chi connectivity index (χ3v) is 5.63. The second-order valence-corrected chi connectivity index (χ2v) is 8.20. The molecule has 1 aliphatic heterocycles. The Kier molecular flexibility index (Phi) is 7.01. The van der Waals surface area contributed by atoms with Gasteiger partial charge in [0.05, 0.1) is 6.10 Å². The summed E-state index contributed by atoms with van der Waals surface area (Å²) in [6.07, 6.45) is 12.8. The third kappa shape index (κ3) is 5.90. The van der Waals surface area contributed by atoms with Crippen LogP contribution in [0.3, 0.4) is 0 Å². The number of rotatable bonds is 8. The summed E-state index contributed by atoms with van der Waals surface area (Å²) in [6, 6.07) is 0. The Morgan fingerprint density at radius 2 is 2.00 bits per heavy atom. The van der Waals surface area contributed by atoms with E-state index in [1.54, 1.807) is 0 Å². The van der Waals surface area contributed by atoms with Crippen LogP contribution in [0.15, 0.2) is 0 Å². The van der Waals surface area contributed by atoms with Crippen LogP contribution in [0.25, 0.3) is 0 Å². The van der Waals surface area contributed by atoms with Crippen molar-refractivity contribution in [1.29, 1.82) is 0 Å². The van der Waals surface area contributed by atoms with E-state index < -0.39 is 0 Å². The molecule has 2 fully saturated rings. The van der Waals surface area contributed by atoms with Crippen molar-refractivity contribution < 1.29 is 4.74 Å². The molecule has 0 bridgehead atoms. The molecule has 0 radical (unpaired) electrons. The molecule has 2 rings (SSSR count).